The number of nitrogens with one attached hydrogen (secondary N) is 1. The van der Waals surface area contributed by atoms with Gasteiger partial charge in [-0.3, -0.25) is 4.79 Å². The van der Waals surface area contributed by atoms with E-state index >= 15 is 0 Å². The van der Waals surface area contributed by atoms with Crippen molar-refractivity contribution in [3.8, 4) is 5.75 Å². The molecular formula is C23H28N2O5. The molecule has 1 heterocycles. The van der Waals surface area contributed by atoms with Gasteiger partial charge in [0.25, 0.3) is 5.91 Å². The molecule has 7 nitrogen and oxygen atoms in total. The van der Waals surface area contributed by atoms with Crippen LogP contribution in [0.5, 0.6) is 5.75 Å². The van der Waals surface area contributed by atoms with E-state index in [1.807, 2.05) is 56.3 Å². The molecule has 0 spiro atoms. The van der Waals surface area contributed by atoms with Gasteiger partial charge in [-0.15, -0.1) is 0 Å². The number of amides is 1. The fraction of sp³-hybridized carbons (Fsp3) is 0.391. The van der Waals surface area contributed by atoms with Crippen LogP contribution in [0.2, 0.25) is 0 Å². The highest BCUT2D eigenvalue weighted by molar-refractivity contribution is 5.95. The Kier molecular flexibility index (Phi) is 7.30. The Morgan fingerprint density at radius 1 is 1.07 bits per heavy atom. The number of benzene rings is 2. The van der Waals surface area contributed by atoms with Crippen LogP contribution in [0.25, 0.3) is 0 Å². The highest BCUT2D eigenvalue weighted by atomic mass is 16.6. The van der Waals surface area contributed by atoms with Gasteiger partial charge in [-0.2, -0.15) is 0 Å². The molecule has 0 aliphatic carbocycles. The minimum absolute atomic E-state index is 0.252. The van der Waals surface area contributed by atoms with Crippen molar-refractivity contribution in [1.82, 2.24) is 0 Å². The first-order chi connectivity index (χ1) is 14.4. The number of nitrogens with zero attached hydrogens (tertiary/aromatic N) is 1. The minimum atomic E-state index is -0.932. The van der Waals surface area contributed by atoms with Crippen LogP contribution < -0.4 is 15.0 Å². The number of anilines is 2. The van der Waals surface area contributed by atoms with Gasteiger partial charge in [-0.1, -0.05) is 18.2 Å². The van der Waals surface area contributed by atoms with E-state index in [0.717, 1.165) is 29.9 Å². The van der Waals surface area contributed by atoms with Gasteiger partial charge < -0.3 is 24.4 Å². The first kappa shape index (κ1) is 21.6. The molecular weight excluding hydrogens is 384 g/mol. The quantitative estimate of drug-likeness (QED) is 0.705. The van der Waals surface area contributed by atoms with Crippen LogP contribution in [0.15, 0.2) is 42.5 Å². The molecule has 7 heteroatoms. The highest BCUT2D eigenvalue weighted by Gasteiger charge is 2.19. The number of esters is 1. The molecule has 1 N–H and O–H groups in total. The number of morpholine rings is 1. The van der Waals surface area contributed by atoms with Crippen molar-refractivity contribution in [1.29, 1.82) is 0 Å². The van der Waals surface area contributed by atoms with Gasteiger partial charge >= 0.3 is 5.97 Å². The molecule has 160 valence electrons. The maximum atomic E-state index is 12.4. The Hall–Kier alpha value is -3.06. The second kappa shape index (κ2) is 10.1. The maximum absolute atomic E-state index is 12.4. The summed E-state index contributed by atoms with van der Waals surface area (Å²) in [5, 5.41) is 2.77. The van der Waals surface area contributed by atoms with E-state index < -0.39 is 18.0 Å². The summed E-state index contributed by atoms with van der Waals surface area (Å²) in [5.74, 6) is -0.329. The Labute approximate surface area is 176 Å². The van der Waals surface area contributed by atoms with E-state index in [-0.39, 0.29) is 6.61 Å². The van der Waals surface area contributed by atoms with Gasteiger partial charge in [0.2, 0.25) is 0 Å². The number of hydrogen-bond acceptors (Lipinski definition) is 6. The number of para-hydroxylation sites is 1. The molecule has 1 aliphatic heterocycles. The third-order valence-corrected chi connectivity index (χ3v) is 4.93. The van der Waals surface area contributed by atoms with Crippen LogP contribution in [-0.2, 0) is 19.1 Å². The van der Waals surface area contributed by atoms with Crippen LogP contribution in [0.4, 0.5) is 11.4 Å². The second-order valence-corrected chi connectivity index (χ2v) is 7.28. The third-order valence-electron chi connectivity index (χ3n) is 4.93. The zero-order valence-electron chi connectivity index (χ0n) is 17.6. The summed E-state index contributed by atoms with van der Waals surface area (Å²) in [6, 6.07) is 13.3. The minimum Gasteiger partial charge on any atom is -0.481 e. The van der Waals surface area contributed by atoms with Crippen LogP contribution in [0.3, 0.4) is 0 Å². The molecule has 1 amide bonds. The summed E-state index contributed by atoms with van der Waals surface area (Å²) in [6.07, 6.45) is -0.932. The number of hydrogen-bond donors (Lipinski definition) is 1. The highest BCUT2D eigenvalue weighted by Crippen LogP contribution is 2.22. The fourth-order valence-electron chi connectivity index (χ4n) is 3.26. The van der Waals surface area contributed by atoms with E-state index in [0.29, 0.717) is 24.7 Å². The molecule has 0 saturated carbocycles. The normalized spacial score (nSPS) is 14.7. The van der Waals surface area contributed by atoms with Gasteiger partial charge in [0, 0.05) is 24.5 Å². The Morgan fingerprint density at radius 3 is 2.33 bits per heavy atom. The van der Waals surface area contributed by atoms with Gasteiger partial charge in [0.15, 0.2) is 12.7 Å². The maximum Gasteiger partial charge on any atom is 0.344 e. The second-order valence-electron chi connectivity index (χ2n) is 7.28. The van der Waals surface area contributed by atoms with Gasteiger partial charge in [-0.05, 0) is 56.2 Å². The lowest BCUT2D eigenvalue weighted by atomic mass is 10.1. The molecule has 1 saturated heterocycles. The van der Waals surface area contributed by atoms with Crippen molar-refractivity contribution in [2.45, 2.75) is 26.9 Å². The first-order valence-corrected chi connectivity index (χ1v) is 10.1. The van der Waals surface area contributed by atoms with Crippen LogP contribution in [0.1, 0.15) is 18.1 Å². The molecule has 2 aromatic rings. The van der Waals surface area contributed by atoms with Crippen molar-refractivity contribution in [3.05, 3.63) is 53.6 Å². The molecule has 0 aromatic heterocycles. The number of rotatable bonds is 7. The predicted octanol–water partition coefficient (Wildman–Crippen LogP) is 3.09. The smallest absolute Gasteiger partial charge is 0.344 e. The zero-order chi connectivity index (χ0) is 21.5. The zero-order valence-corrected chi connectivity index (χ0v) is 17.6. The van der Waals surface area contributed by atoms with Crippen molar-refractivity contribution in [2.75, 3.05) is 43.1 Å². The molecule has 1 fully saturated rings. The van der Waals surface area contributed by atoms with Gasteiger partial charge in [0.05, 0.1) is 13.2 Å². The molecule has 30 heavy (non-hydrogen) atoms. The standard InChI is InChI=1S/C23H28N2O5/c1-16-5-4-6-17(2)22(16)29-15-21(26)30-18(3)23(27)24-19-7-9-20(10-8-19)25-11-13-28-14-12-25/h4-10,18H,11-15H2,1-3H3,(H,24,27)/t18-/m0/s1. The predicted molar refractivity (Wildman–Crippen MR) is 115 cm³/mol. The summed E-state index contributed by atoms with van der Waals surface area (Å²) >= 11 is 0. The monoisotopic (exact) mass is 412 g/mol. The van der Waals surface area contributed by atoms with Crippen LogP contribution in [0, 0.1) is 13.8 Å². The largest absolute Gasteiger partial charge is 0.481 e. The molecule has 0 radical (unpaired) electrons. The van der Waals surface area contributed by atoms with E-state index in [2.05, 4.69) is 10.2 Å². The van der Waals surface area contributed by atoms with E-state index in [4.69, 9.17) is 14.2 Å². The van der Waals surface area contributed by atoms with Crippen molar-refractivity contribution < 1.29 is 23.8 Å². The van der Waals surface area contributed by atoms with E-state index in [9.17, 15) is 9.59 Å². The van der Waals surface area contributed by atoms with Crippen molar-refractivity contribution in [2.24, 2.45) is 0 Å². The summed E-state index contributed by atoms with van der Waals surface area (Å²) in [5.41, 5.74) is 3.61. The third kappa shape index (κ3) is 5.73. The summed E-state index contributed by atoms with van der Waals surface area (Å²) in [7, 11) is 0. The average Bonchev–Trinajstić information content (AvgIpc) is 2.74. The lowest BCUT2D eigenvalue weighted by molar-refractivity contribution is -0.155. The molecule has 0 bridgehead atoms. The summed E-state index contributed by atoms with van der Waals surface area (Å²) < 4.78 is 16.1. The van der Waals surface area contributed by atoms with E-state index in [1.54, 1.807) is 0 Å². The number of carbonyl (C=O) groups excluding carboxylic acids is 2. The Morgan fingerprint density at radius 2 is 1.70 bits per heavy atom. The number of carbonyl (C=O) groups is 2. The van der Waals surface area contributed by atoms with Crippen LogP contribution >= 0.6 is 0 Å². The number of aryl methyl sites for hydroxylation is 2. The SMILES string of the molecule is Cc1cccc(C)c1OCC(=O)O[C@@H](C)C(=O)Nc1ccc(N2CCOCC2)cc1. The lowest BCUT2D eigenvalue weighted by Gasteiger charge is -2.28. The molecule has 3 rings (SSSR count). The molecule has 1 aliphatic rings. The Balaban J connectivity index is 1.47. The lowest BCUT2D eigenvalue weighted by Crippen LogP contribution is -2.36. The van der Waals surface area contributed by atoms with Gasteiger partial charge in [0.1, 0.15) is 5.75 Å². The van der Waals surface area contributed by atoms with Gasteiger partial charge in [-0.25, -0.2) is 4.79 Å². The first-order valence-electron chi connectivity index (χ1n) is 10.1. The topological polar surface area (TPSA) is 77.1 Å². The van der Waals surface area contributed by atoms with E-state index in [1.165, 1.54) is 6.92 Å². The van der Waals surface area contributed by atoms with Crippen molar-refractivity contribution in [3.63, 3.8) is 0 Å². The summed E-state index contributed by atoms with van der Waals surface area (Å²) in [4.78, 5) is 26.7. The fourth-order valence-corrected chi connectivity index (χ4v) is 3.26. The molecule has 1 atom stereocenters. The van der Waals surface area contributed by atoms with Crippen LogP contribution in [-0.4, -0.2) is 50.9 Å². The average molecular weight is 412 g/mol. The summed E-state index contributed by atoms with van der Waals surface area (Å²) in [6.45, 7) is 8.24. The number of ether oxygens (including phenoxy) is 3. The Bertz CT molecular complexity index is 855. The molecule has 0 unspecified atom stereocenters. The molecule has 2 aromatic carbocycles. The van der Waals surface area contributed by atoms with Crippen molar-refractivity contribution >= 4 is 23.3 Å².